The number of aromatic nitrogens is 2. The van der Waals surface area contributed by atoms with Crippen LogP contribution < -0.4 is 5.32 Å². The highest BCUT2D eigenvalue weighted by atomic mass is 32.1. The van der Waals surface area contributed by atoms with Crippen LogP contribution in [-0.2, 0) is 6.18 Å². The van der Waals surface area contributed by atoms with Gasteiger partial charge in [0.2, 0.25) is 0 Å². The number of benzene rings is 2. The maximum absolute atomic E-state index is 12.5. The summed E-state index contributed by atoms with van der Waals surface area (Å²) in [5, 5.41) is 6.51. The van der Waals surface area contributed by atoms with Crippen molar-refractivity contribution in [1.29, 1.82) is 0 Å². The summed E-state index contributed by atoms with van der Waals surface area (Å²) in [6, 6.07) is 13.3. The number of carbonyl (C=O) groups is 1. The van der Waals surface area contributed by atoms with Crippen LogP contribution in [0.3, 0.4) is 0 Å². The molecule has 4 nitrogen and oxygen atoms in total. The molecule has 0 aliphatic rings. The largest absolute Gasteiger partial charge is 0.416 e. The monoisotopic (exact) mass is 349 g/mol. The van der Waals surface area contributed by atoms with E-state index in [4.69, 9.17) is 0 Å². The molecule has 24 heavy (non-hydrogen) atoms. The Kier molecular flexibility index (Phi) is 4.30. The van der Waals surface area contributed by atoms with Crippen LogP contribution in [0, 0.1) is 0 Å². The number of amides is 1. The SMILES string of the molecule is O=C(Nc1ccc(C(F)(F)F)cc1)c1snnc1-c1ccccc1. The Balaban J connectivity index is 1.80. The van der Waals surface area contributed by atoms with Gasteiger partial charge >= 0.3 is 6.18 Å². The van der Waals surface area contributed by atoms with Crippen LogP contribution in [0.2, 0.25) is 0 Å². The summed E-state index contributed by atoms with van der Waals surface area (Å²) in [4.78, 5) is 12.6. The molecule has 3 rings (SSSR count). The van der Waals surface area contributed by atoms with Crippen molar-refractivity contribution < 1.29 is 18.0 Å². The molecule has 0 aliphatic heterocycles. The highest BCUT2D eigenvalue weighted by molar-refractivity contribution is 7.08. The third kappa shape index (κ3) is 3.43. The van der Waals surface area contributed by atoms with Crippen LogP contribution >= 0.6 is 11.5 Å². The van der Waals surface area contributed by atoms with Gasteiger partial charge in [-0.3, -0.25) is 4.79 Å². The fraction of sp³-hybridized carbons (Fsp3) is 0.0625. The summed E-state index contributed by atoms with van der Waals surface area (Å²) in [5.41, 5.74) is 0.666. The predicted molar refractivity (Wildman–Crippen MR) is 84.7 cm³/mol. The Labute approximate surface area is 139 Å². The molecule has 0 saturated heterocycles. The van der Waals surface area contributed by atoms with Gasteiger partial charge in [0, 0.05) is 11.3 Å². The number of hydrogen-bond donors (Lipinski definition) is 1. The first-order valence-electron chi connectivity index (χ1n) is 6.81. The van der Waals surface area contributed by atoms with E-state index < -0.39 is 17.6 Å². The molecule has 1 amide bonds. The van der Waals surface area contributed by atoms with Crippen LogP contribution in [0.4, 0.5) is 18.9 Å². The summed E-state index contributed by atoms with van der Waals surface area (Å²) in [6.45, 7) is 0. The molecule has 122 valence electrons. The molecule has 0 saturated carbocycles. The maximum Gasteiger partial charge on any atom is 0.416 e. The van der Waals surface area contributed by atoms with Gasteiger partial charge < -0.3 is 5.32 Å². The number of nitrogens with zero attached hydrogens (tertiary/aromatic N) is 2. The van der Waals surface area contributed by atoms with Gasteiger partial charge in [0.1, 0.15) is 10.6 Å². The Bertz CT molecular complexity index is 845. The first-order chi connectivity index (χ1) is 11.4. The standard InChI is InChI=1S/C16H10F3N3OS/c17-16(18,19)11-6-8-12(9-7-11)20-15(23)14-13(21-22-24-14)10-4-2-1-3-5-10/h1-9H,(H,20,23). The molecule has 0 atom stereocenters. The first-order valence-corrected chi connectivity index (χ1v) is 7.59. The van der Waals surface area contributed by atoms with Crippen molar-refractivity contribution in [3.8, 4) is 11.3 Å². The van der Waals surface area contributed by atoms with Crippen molar-refractivity contribution >= 4 is 23.1 Å². The molecule has 3 aromatic rings. The Morgan fingerprint density at radius 2 is 1.67 bits per heavy atom. The van der Waals surface area contributed by atoms with Crippen molar-refractivity contribution in [2.24, 2.45) is 0 Å². The van der Waals surface area contributed by atoms with Crippen LogP contribution in [0.5, 0.6) is 0 Å². The fourth-order valence-corrected chi connectivity index (χ4v) is 2.64. The molecule has 0 bridgehead atoms. The lowest BCUT2D eigenvalue weighted by Crippen LogP contribution is -2.12. The number of anilines is 1. The molecule has 2 aromatic carbocycles. The third-order valence-corrected chi connectivity index (χ3v) is 3.94. The highest BCUT2D eigenvalue weighted by Crippen LogP contribution is 2.30. The minimum Gasteiger partial charge on any atom is -0.321 e. The van der Waals surface area contributed by atoms with E-state index in [0.29, 0.717) is 10.6 Å². The predicted octanol–water partition coefficient (Wildman–Crippen LogP) is 4.48. The van der Waals surface area contributed by atoms with E-state index in [1.807, 2.05) is 18.2 Å². The Morgan fingerprint density at radius 3 is 2.29 bits per heavy atom. The molecule has 1 aromatic heterocycles. The second-order valence-electron chi connectivity index (χ2n) is 4.85. The quantitative estimate of drug-likeness (QED) is 0.759. The molecular weight excluding hydrogens is 339 g/mol. The second kappa shape index (κ2) is 6.40. The van der Waals surface area contributed by atoms with Gasteiger partial charge in [0.05, 0.1) is 5.56 Å². The molecule has 0 aliphatic carbocycles. The average Bonchev–Trinajstić information content (AvgIpc) is 3.05. The normalized spacial score (nSPS) is 11.3. The van der Waals surface area contributed by atoms with Gasteiger partial charge in [-0.15, -0.1) is 5.10 Å². The van der Waals surface area contributed by atoms with Crippen LogP contribution in [0.1, 0.15) is 15.2 Å². The van der Waals surface area contributed by atoms with Crippen molar-refractivity contribution in [2.45, 2.75) is 6.18 Å². The number of alkyl halides is 3. The number of nitrogens with one attached hydrogen (secondary N) is 1. The zero-order valence-electron chi connectivity index (χ0n) is 12.0. The summed E-state index contributed by atoms with van der Waals surface area (Å²) >= 11 is 0.926. The minimum atomic E-state index is -4.41. The summed E-state index contributed by atoms with van der Waals surface area (Å²) < 4.78 is 41.4. The number of halogens is 3. The minimum absolute atomic E-state index is 0.264. The Morgan fingerprint density at radius 1 is 1.00 bits per heavy atom. The lowest BCUT2D eigenvalue weighted by atomic mass is 10.1. The average molecular weight is 349 g/mol. The van der Waals surface area contributed by atoms with Gasteiger partial charge in [-0.25, -0.2) is 0 Å². The van der Waals surface area contributed by atoms with Crippen LogP contribution in [0.25, 0.3) is 11.3 Å². The molecule has 0 spiro atoms. The molecule has 1 heterocycles. The van der Waals surface area contributed by atoms with E-state index in [0.717, 1.165) is 29.2 Å². The summed E-state index contributed by atoms with van der Waals surface area (Å²) in [6.07, 6.45) is -4.41. The van der Waals surface area contributed by atoms with Crippen molar-refractivity contribution in [2.75, 3.05) is 5.32 Å². The lowest BCUT2D eigenvalue weighted by Gasteiger charge is -2.08. The molecule has 0 radical (unpaired) electrons. The zero-order valence-corrected chi connectivity index (χ0v) is 12.9. The smallest absolute Gasteiger partial charge is 0.321 e. The van der Waals surface area contributed by atoms with Gasteiger partial charge in [-0.1, -0.05) is 34.8 Å². The number of rotatable bonds is 3. The van der Waals surface area contributed by atoms with Gasteiger partial charge in [0.15, 0.2) is 0 Å². The van der Waals surface area contributed by atoms with Gasteiger partial charge in [-0.2, -0.15) is 13.2 Å². The van der Waals surface area contributed by atoms with E-state index in [1.54, 1.807) is 12.1 Å². The lowest BCUT2D eigenvalue weighted by molar-refractivity contribution is -0.137. The maximum atomic E-state index is 12.5. The van der Waals surface area contributed by atoms with Crippen LogP contribution in [-0.4, -0.2) is 15.5 Å². The van der Waals surface area contributed by atoms with E-state index in [9.17, 15) is 18.0 Å². The second-order valence-corrected chi connectivity index (χ2v) is 5.60. The van der Waals surface area contributed by atoms with E-state index in [-0.39, 0.29) is 5.69 Å². The Hall–Kier alpha value is -2.74. The topological polar surface area (TPSA) is 54.9 Å². The molecular formula is C16H10F3N3OS. The van der Waals surface area contributed by atoms with E-state index in [1.165, 1.54) is 12.1 Å². The first kappa shape index (κ1) is 16.1. The summed E-state index contributed by atoms with van der Waals surface area (Å²) in [7, 11) is 0. The van der Waals surface area contributed by atoms with Crippen LogP contribution in [0.15, 0.2) is 54.6 Å². The van der Waals surface area contributed by atoms with Gasteiger partial charge in [0.25, 0.3) is 5.91 Å². The fourth-order valence-electron chi connectivity index (χ4n) is 2.05. The molecule has 8 heteroatoms. The third-order valence-electron chi connectivity index (χ3n) is 3.21. The zero-order chi connectivity index (χ0) is 17.2. The van der Waals surface area contributed by atoms with E-state index in [2.05, 4.69) is 14.9 Å². The highest BCUT2D eigenvalue weighted by Gasteiger charge is 2.30. The molecule has 0 fully saturated rings. The number of carbonyl (C=O) groups excluding carboxylic acids is 1. The summed E-state index contributed by atoms with van der Waals surface area (Å²) in [5.74, 6) is -0.469. The van der Waals surface area contributed by atoms with Crippen molar-refractivity contribution in [1.82, 2.24) is 9.59 Å². The number of hydrogen-bond acceptors (Lipinski definition) is 4. The molecule has 0 unspecified atom stereocenters. The van der Waals surface area contributed by atoms with Crippen molar-refractivity contribution in [3.05, 3.63) is 65.0 Å². The van der Waals surface area contributed by atoms with Gasteiger partial charge in [-0.05, 0) is 35.8 Å². The van der Waals surface area contributed by atoms with E-state index >= 15 is 0 Å². The molecule has 1 N–H and O–H groups in total. The van der Waals surface area contributed by atoms with Crippen molar-refractivity contribution in [3.63, 3.8) is 0 Å².